The van der Waals surface area contributed by atoms with Gasteiger partial charge in [-0.15, -0.1) is 0 Å². The number of amides is 1. The van der Waals surface area contributed by atoms with E-state index >= 15 is 0 Å². The van der Waals surface area contributed by atoms with E-state index in [9.17, 15) is 14.7 Å². The summed E-state index contributed by atoms with van der Waals surface area (Å²) in [5.74, 6) is -1.00. The average molecular weight is 460 g/mol. The van der Waals surface area contributed by atoms with Gasteiger partial charge in [-0.3, -0.25) is 14.5 Å². The van der Waals surface area contributed by atoms with E-state index in [1.165, 1.54) is 18.3 Å². The molecule has 6 heteroatoms. The van der Waals surface area contributed by atoms with Gasteiger partial charge in [0, 0.05) is 5.69 Å². The minimum atomic E-state index is -0.918. The monoisotopic (exact) mass is 459 g/mol. The molecule has 1 fully saturated rings. The number of aryl methyl sites for hydroxylation is 2. The van der Waals surface area contributed by atoms with Gasteiger partial charge in [-0.05, 0) is 66.3 Å². The van der Waals surface area contributed by atoms with Crippen molar-refractivity contribution in [3.05, 3.63) is 88.4 Å². The number of rotatable bonds is 4. The Hall–Kier alpha value is -3.80. The summed E-state index contributed by atoms with van der Waals surface area (Å²) < 4.78 is 11.2. The van der Waals surface area contributed by atoms with Crippen LogP contribution in [0.5, 0.6) is 5.75 Å². The van der Waals surface area contributed by atoms with Crippen LogP contribution in [-0.2, 0) is 15.0 Å². The van der Waals surface area contributed by atoms with Crippen LogP contribution in [0.2, 0.25) is 0 Å². The first-order chi connectivity index (χ1) is 16.0. The summed E-state index contributed by atoms with van der Waals surface area (Å²) in [6, 6.07) is 13.7. The van der Waals surface area contributed by atoms with Crippen molar-refractivity contribution in [2.45, 2.75) is 46.1 Å². The first kappa shape index (κ1) is 23.4. The van der Waals surface area contributed by atoms with E-state index in [0.29, 0.717) is 22.8 Å². The summed E-state index contributed by atoms with van der Waals surface area (Å²) in [5.41, 5.74) is 3.44. The molecule has 0 saturated carbocycles. The van der Waals surface area contributed by atoms with Gasteiger partial charge >= 0.3 is 0 Å². The fraction of sp³-hybridized carbons (Fsp3) is 0.286. The molecule has 34 heavy (non-hydrogen) atoms. The summed E-state index contributed by atoms with van der Waals surface area (Å²) in [6.07, 6.45) is 1.49. The second kappa shape index (κ2) is 8.52. The minimum absolute atomic E-state index is 0.0368. The number of anilines is 1. The van der Waals surface area contributed by atoms with Gasteiger partial charge < -0.3 is 14.3 Å². The lowest BCUT2D eigenvalue weighted by Gasteiger charge is -2.25. The Balaban J connectivity index is 2.00. The molecule has 1 saturated heterocycles. The number of aliphatic hydroxyl groups is 1. The third-order valence-electron chi connectivity index (χ3n) is 6.20. The second-order valence-corrected chi connectivity index (χ2v) is 9.64. The molecular weight excluding hydrogens is 430 g/mol. The molecule has 1 aromatic heterocycles. The number of carbonyl (C=O) groups is 2. The number of aliphatic hydroxyl groups excluding tert-OH is 1. The molecule has 3 aromatic rings. The van der Waals surface area contributed by atoms with E-state index in [4.69, 9.17) is 9.15 Å². The lowest BCUT2D eigenvalue weighted by Crippen LogP contribution is -2.30. The van der Waals surface area contributed by atoms with Crippen LogP contribution < -0.4 is 9.64 Å². The van der Waals surface area contributed by atoms with Gasteiger partial charge in [-0.2, -0.15) is 0 Å². The van der Waals surface area contributed by atoms with Crippen molar-refractivity contribution in [1.82, 2.24) is 0 Å². The van der Waals surface area contributed by atoms with Gasteiger partial charge in [-0.1, -0.05) is 39.0 Å². The fourth-order valence-corrected chi connectivity index (χ4v) is 4.28. The number of ether oxygens (including phenoxy) is 1. The highest BCUT2D eigenvalue weighted by molar-refractivity contribution is 6.51. The van der Waals surface area contributed by atoms with Crippen molar-refractivity contribution in [1.29, 1.82) is 0 Å². The highest BCUT2D eigenvalue weighted by Crippen LogP contribution is 2.44. The van der Waals surface area contributed by atoms with Crippen molar-refractivity contribution >= 4 is 23.1 Å². The van der Waals surface area contributed by atoms with E-state index in [-0.39, 0.29) is 16.7 Å². The van der Waals surface area contributed by atoms with Crippen molar-refractivity contribution in [3.63, 3.8) is 0 Å². The fourth-order valence-electron chi connectivity index (χ4n) is 4.28. The SMILES string of the molecule is COc1ccc(C(C)(C)C)cc1/C(O)=C1\C(=O)C(=O)N(c2cc(C)ccc2C)C1c1ccco1. The molecule has 0 radical (unpaired) electrons. The number of furan rings is 1. The third-order valence-corrected chi connectivity index (χ3v) is 6.20. The van der Waals surface area contributed by atoms with Crippen LogP contribution in [0.15, 0.2) is 64.8 Å². The highest BCUT2D eigenvalue weighted by atomic mass is 16.5. The Labute approximate surface area is 199 Å². The molecule has 1 unspecified atom stereocenters. The van der Waals surface area contributed by atoms with Gasteiger partial charge in [0.05, 0.1) is 24.5 Å². The number of nitrogens with zero attached hydrogens (tertiary/aromatic N) is 1. The molecule has 6 nitrogen and oxygen atoms in total. The zero-order valence-electron chi connectivity index (χ0n) is 20.3. The molecule has 2 heterocycles. The number of Topliss-reactive ketones (excluding diaryl/α,β-unsaturated/α-hetero) is 1. The van der Waals surface area contributed by atoms with E-state index in [1.54, 1.807) is 24.3 Å². The smallest absolute Gasteiger partial charge is 0.300 e. The largest absolute Gasteiger partial charge is 0.507 e. The van der Waals surface area contributed by atoms with Crippen LogP contribution in [0.1, 0.15) is 54.8 Å². The van der Waals surface area contributed by atoms with Gasteiger partial charge in [0.1, 0.15) is 23.3 Å². The molecule has 176 valence electrons. The van der Waals surface area contributed by atoms with E-state index in [0.717, 1.165) is 16.7 Å². The Morgan fingerprint density at radius 2 is 1.79 bits per heavy atom. The van der Waals surface area contributed by atoms with Gasteiger partial charge in [0.2, 0.25) is 0 Å². The molecule has 0 bridgehead atoms. The molecule has 0 spiro atoms. The summed E-state index contributed by atoms with van der Waals surface area (Å²) in [6.45, 7) is 9.97. The normalized spacial score (nSPS) is 17.9. The zero-order valence-corrected chi connectivity index (χ0v) is 20.3. The Morgan fingerprint density at radius 1 is 1.06 bits per heavy atom. The molecule has 2 aromatic carbocycles. The van der Waals surface area contributed by atoms with Crippen LogP contribution in [0.4, 0.5) is 5.69 Å². The lowest BCUT2D eigenvalue weighted by atomic mass is 9.85. The van der Waals surface area contributed by atoms with Crippen LogP contribution >= 0.6 is 0 Å². The predicted octanol–water partition coefficient (Wildman–Crippen LogP) is 5.83. The Morgan fingerprint density at radius 3 is 2.41 bits per heavy atom. The number of hydrogen-bond donors (Lipinski definition) is 1. The first-order valence-corrected chi connectivity index (χ1v) is 11.1. The molecule has 4 rings (SSSR count). The van der Waals surface area contributed by atoms with E-state index < -0.39 is 17.7 Å². The molecule has 1 aliphatic heterocycles. The van der Waals surface area contributed by atoms with Crippen LogP contribution in [0.3, 0.4) is 0 Å². The summed E-state index contributed by atoms with van der Waals surface area (Å²) in [5, 5.41) is 11.5. The van der Waals surface area contributed by atoms with Crippen LogP contribution in [-0.4, -0.2) is 23.9 Å². The summed E-state index contributed by atoms with van der Waals surface area (Å²) in [4.78, 5) is 28.2. The van der Waals surface area contributed by atoms with Gasteiger partial charge in [0.25, 0.3) is 11.7 Å². The minimum Gasteiger partial charge on any atom is -0.507 e. The molecular formula is C28H29NO5. The Kier molecular flexibility index (Phi) is 5.86. The number of ketones is 1. The number of hydrogen-bond acceptors (Lipinski definition) is 5. The lowest BCUT2D eigenvalue weighted by molar-refractivity contribution is -0.132. The number of carbonyl (C=O) groups excluding carboxylic acids is 2. The number of methoxy groups -OCH3 is 1. The maximum Gasteiger partial charge on any atom is 0.300 e. The highest BCUT2D eigenvalue weighted by Gasteiger charge is 2.49. The van der Waals surface area contributed by atoms with Gasteiger partial charge in [0.15, 0.2) is 0 Å². The second-order valence-electron chi connectivity index (χ2n) is 9.64. The standard InChI is InChI=1S/C28H29NO5/c1-16-9-10-17(2)20(14-16)29-24(22-8-7-13-34-22)23(26(31)27(29)32)25(30)19-15-18(28(3,4)5)11-12-21(19)33-6/h7-15,24,30H,1-6H3/b25-23+. The van der Waals surface area contributed by atoms with Crippen molar-refractivity contribution in [2.75, 3.05) is 12.0 Å². The van der Waals surface area contributed by atoms with Crippen molar-refractivity contribution in [2.24, 2.45) is 0 Å². The molecule has 1 aliphatic rings. The Bertz CT molecular complexity index is 1290. The molecule has 1 amide bonds. The maximum absolute atomic E-state index is 13.4. The molecule has 1 atom stereocenters. The van der Waals surface area contributed by atoms with E-state index in [1.807, 2.05) is 38.1 Å². The molecule has 0 aliphatic carbocycles. The van der Waals surface area contributed by atoms with Crippen LogP contribution in [0, 0.1) is 13.8 Å². The average Bonchev–Trinajstić information content (AvgIpc) is 3.41. The maximum atomic E-state index is 13.4. The number of benzene rings is 2. The first-order valence-electron chi connectivity index (χ1n) is 11.1. The van der Waals surface area contributed by atoms with Gasteiger partial charge in [-0.25, -0.2) is 0 Å². The zero-order chi connectivity index (χ0) is 24.8. The topological polar surface area (TPSA) is 80.0 Å². The quantitative estimate of drug-likeness (QED) is 0.302. The van der Waals surface area contributed by atoms with E-state index in [2.05, 4.69) is 20.8 Å². The summed E-state index contributed by atoms with van der Waals surface area (Å²) in [7, 11) is 1.50. The predicted molar refractivity (Wildman–Crippen MR) is 131 cm³/mol. The summed E-state index contributed by atoms with van der Waals surface area (Å²) >= 11 is 0. The van der Waals surface area contributed by atoms with Crippen molar-refractivity contribution in [3.8, 4) is 5.75 Å². The molecule has 1 N–H and O–H groups in total. The van der Waals surface area contributed by atoms with Crippen LogP contribution in [0.25, 0.3) is 5.76 Å². The van der Waals surface area contributed by atoms with Crippen molar-refractivity contribution < 1.29 is 23.8 Å². The third kappa shape index (κ3) is 3.89.